The van der Waals surface area contributed by atoms with E-state index in [9.17, 15) is 4.21 Å². The van der Waals surface area contributed by atoms with E-state index < -0.39 is 9.73 Å². The first kappa shape index (κ1) is 14.2. The summed E-state index contributed by atoms with van der Waals surface area (Å²) in [6, 6.07) is 16.7. The Kier molecular flexibility index (Phi) is 3.98. The predicted octanol–water partition coefficient (Wildman–Crippen LogP) is 3.91. The highest BCUT2D eigenvalue weighted by Gasteiger charge is 2.22. The second-order valence-corrected chi connectivity index (χ2v) is 7.93. The van der Waals surface area contributed by atoms with Gasteiger partial charge in [-0.25, -0.2) is 9.20 Å². The fraction of sp³-hybridized carbons (Fsp3) is 0.133. The molecule has 4 nitrogen and oxygen atoms in total. The van der Waals surface area contributed by atoms with Gasteiger partial charge in [0.1, 0.15) is 5.75 Å². The molecular weight excluding hydrogens is 304 g/mol. The number of hydrogen-bond donors (Lipinski definition) is 0. The van der Waals surface area contributed by atoms with Gasteiger partial charge in [-0.1, -0.05) is 30.0 Å². The zero-order valence-electron chi connectivity index (χ0n) is 11.4. The smallest absolute Gasteiger partial charge is 0.198 e. The molecule has 2 aromatic rings. The second kappa shape index (κ2) is 5.91. The summed E-state index contributed by atoms with van der Waals surface area (Å²) >= 11 is 1.43. The molecule has 1 unspecified atom stereocenters. The minimum Gasteiger partial charge on any atom is -0.497 e. The van der Waals surface area contributed by atoms with Gasteiger partial charge in [0, 0.05) is 4.90 Å². The summed E-state index contributed by atoms with van der Waals surface area (Å²) in [5, 5.41) is 1.01. The Hall–Kier alpha value is -1.79. The van der Waals surface area contributed by atoms with Gasteiger partial charge in [0.05, 0.1) is 27.6 Å². The van der Waals surface area contributed by atoms with Crippen LogP contribution in [-0.2, 0) is 9.73 Å². The van der Waals surface area contributed by atoms with Crippen molar-refractivity contribution in [2.45, 2.75) is 4.90 Å². The van der Waals surface area contributed by atoms with Crippen LogP contribution in [0, 0.1) is 0 Å². The topological polar surface area (TPSA) is 51.0 Å². The summed E-state index contributed by atoms with van der Waals surface area (Å²) in [5.74, 6) is 0.781. The van der Waals surface area contributed by atoms with Crippen molar-refractivity contribution in [3.8, 4) is 5.75 Å². The SMILES string of the molecule is COc1ccc(N=C2N=S(=O)(c3ccccc3)CS2)cc1. The van der Waals surface area contributed by atoms with Crippen molar-refractivity contribution >= 4 is 32.3 Å². The molecule has 0 spiro atoms. The van der Waals surface area contributed by atoms with Crippen LogP contribution in [0.2, 0.25) is 0 Å². The van der Waals surface area contributed by atoms with Gasteiger partial charge in [0.2, 0.25) is 0 Å². The number of methoxy groups -OCH3 is 1. The molecule has 0 N–H and O–H groups in total. The van der Waals surface area contributed by atoms with Crippen molar-refractivity contribution in [2.24, 2.45) is 9.36 Å². The number of amidine groups is 1. The molecular formula is C15H14N2O2S2. The van der Waals surface area contributed by atoms with E-state index in [1.165, 1.54) is 11.8 Å². The maximum absolute atomic E-state index is 12.8. The summed E-state index contributed by atoms with van der Waals surface area (Å²) in [6.45, 7) is 0. The van der Waals surface area contributed by atoms with Crippen LogP contribution >= 0.6 is 11.8 Å². The monoisotopic (exact) mass is 318 g/mol. The van der Waals surface area contributed by atoms with Gasteiger partial charge < -0.3 is 4.74 Å². The average molecular weight is 318 g/mol. The molecule has 1 heterocycles. The number of thioether (sulfide) groups is 1. The van der Waals surface area contributed by atoms with Gasteiger partial charge in [-0.15, -0.1) is 0 Å². The van der Waals surface area contributed by atoms with Crippen molar-refractivity contribution < 1.29 is 8.95 Å². The fourth-order valence-electron chi connectivity index (χ4n) is 1.89. The Labute approximate surface area is 128 Å². The number of benzene rings is 2. The molecule has 0 saturated heterocycles. The number of aliphatic imine (C=N–C) groups is 1. The third-order valence-electron chi connectivity index (χ3n) is 2.98. The van der Waals surface area contributed by atoms with Crippen LogP contribution < -0.4 is 4.74 Å². The van der Waals surface area contributed by atoms with Crippen LogP contribution in [0.15, 0.2) is 68.8 Å². The van der Waals surface area contributed by atoms with Crippen molar-refractivity contribution in [3.63, 3.8) is 0 Å². The van der Waals surface area contributed by atoms with Gasteiger partial charge in [-0.05, 0) is 36.4 Å². The normalized spacial score (nSPS) is 23.0. The number of ether oxygens (including phenoxy) is 1. The lowest BCUT2D eigenvalue weighted by Gasteiger charge is -2.00. The highest BCUT2D eigenvalue weighted by atomic mass is 32.3. The van der Waals surface area contributed by atoms with Gasteiger partial charge in [0.15, 0.2) is 5.17 Å². The van der Waals surface area contributed by atoms with Gasteiger partial charge in [0.25, 0.3) is 0 Å². The van der Waals surface area contributed by atoms with Crippen molar-refractivity contribution in [1.29, 1.82) is 0 Å². The second-order valence-electron chi connectivity index (χ2n) is 4.40. The minimum atomic E-state index is -2.38. The van der Waals surface area contributed by atoms with Crippen LogP contribution in [0.4, 0.5) is 5.69 Å². The summed E-state index contributed by atoms with van der Waals surface area (Å²) in [7, 11) is -0.759. The zero-order valence-corrected chi connectivity index (χ0v) is 13.1. The van der Waals surface area contributed by atoms with E-state index in [0.29, 0.717) is 10.3 Å². The van der Waals surface area contributed by atoms with Crippen LogP contribution in [-0.4, -0.2) is 21.6 Å². The Morgan fingerprint density at radius 1 is 1.14 bits per heavy atom. The molecule has 0 amide bonds. The third-order valence-corrected chi connectivity index (χ3v) is 6.76. The molecule has 0 fully saturated rings. The quantitative estimate of drug-likeness (QED) is 0.862. The van der Waals surface area contributed by atoms with Crippen LogP contribution in [0.5, 0.6) is 5.75 Å². The van der Waals surface area contributed by atoms with E-state index in [1.54, 1.807) is 7.11 Å². The molecule has 1 atom stereocenters. The number of rotatable bonds is 3. The van der Waals surface area contributed by atoms with E-state index in [0.717, 1.165) is 16.3 Å². The summed E-state index contributed by atoms with van der Waals surface area (Å²) in [6.07, 6.45) is 0. The first-order valence-electron chi connectivity index (χ1n) is 6.35. The molecule has 2 aromatic carbocycles. The van der Waals surface area contributed by atoms with E-state index in [1.807, 2.05) is 54.6 Å². The van der Waals surface area contributed by atoms with E-state index in [4.69, 9.17) is 4.74 Å². The van der Waals surface area contributed by atoms with Crippen molar-refractivity contribution in [3.05, 3.63) is 54.6 Å². The maximum Gasteiger partial charge on any atom is 0.198 e. The molecule has 21 heavy (non-hydrogen) atoms. The summed E-state index contributed by atoms with van der Waals surface area (Å²) < 4.78 is 22.2. The highest BCUT2D eigenvalue weighted by Crippen LogP contribution is 2.29. The molecule has 1 aliphatic rings. The highest BCUT2D eigenvalue weighted by molar-refractivity contribution is 8.25. The lowest BCUT2D eigenvalue weighted by Crippen LogP contribution is -1.98. The largest absolute Gasteiger partial charge is 0.497 e. The molecule has 6 heteroatoms. The van der Waals surface area contributed by atoms with Crippen LogP contribution in [0.25, 0.3) is 0 Å². The van der Waals surface area contributed by atoms with Crippen LogP contribution in [0.1, 0.15) is 0 Å². The standard InChI is InChI=1S/C15H14N2O2S2/c1-19-13-9-7-12(8-10-13)16-15-17-21(18,11-20-15)14-5-3-2-4-6-14/h2-10H,11H2,1H3. The maximum atomic E-state index is 12.8. The molecule has 3 rings (SSSR count). The third kappa shape index (κ3) is 3.11. The average Bonchev–Trinajstić information content (AvgIpc) is 2.91. The zero-order chi connectivity index (χ0) is 14.7. The molecule has 0 saturated carbocycles. The minimum absolute atomic E-state index is 0.450. The lowest BCUT2D eigenvalue weighted by molar-refractivity contribution is 0.415. The van der Waals surface area contributed by atoms with Gasteiger partial charge >= 0.3 is 0 Å². The number of hydrogen-bond acceptors (Lipinski definition) is 4. The Balaban J connectivity index is 1.91. The summed E-state index contributed by atoms with van der Waals surface area (Å²) in [5.41, 5.74) is 0.777. The summed E-state index contributed by atoms with van der Waals surface area (Å²) in [4.78, 5) is 5.19. The molecule has 108 valence electrons. The molecule has 0 aliphatic carbocycles. The van der Waals surface area contributed by atoms with E-state index in [2.05, 4.69) is 9.36 Å². The molecule has 1 aliphatic heterocycles. The first-order valence-corrected chi connectivity index (χ1v) is 9.02. The molecule has 0 radical (unpaired) electrons. The Bertz CT molecular complexity index is 777. The lowest BCUT2D eigenvalue weighted by atomic mass is 10.3. The van der Waals surface area contributed by atoms with Crippen molar-refractivity contribution in [2.75, 3.05) is 12.2 Å². The Morgan fingerprint density at radius 3 is 2.52 bits per heavy atom. The number of nitrogens with zero attached hydrogens (tertiary/aromatic N) is 2. The molecule has 0 aromatic heterocycles. The van der Waals surface area contributed by atoms with Crippen molar-refractivity contribution in [1.82, 2.24) is 0 Å². The van der Waals surface area contributed by atoms with Gasteiger partial charge in [-0.3, -0.25) is 0 Å². The predicted molar refractivity (Wildman–Crippen MR) is 87.8 cm³/mol. The van der Waals surface area contributed by atoms with Gasteiger partial charge in [-0.2, -0.15) is 4.36 Å². The fourth-order valence-corrected chi connectivity index (χ4v) is 5.42. The molecule has 0 bridgehead atoms. The van der Waals surface area contributed by atoms with E-state index >= 15 is 0 Å². The van der Waals surface area contributed by atoms with E-state index in [-0.39, 0.29) is 0 Å². The first-order chi connectivity index (χ1) is 10.2. The van der Waals surface area contributed by atoms with Crippen LogP contribution in [0.3, 0.4) is 0 Å². The Morgan fingerprint density at radius 2 is 1.86 bits per heavy atom.